The summed E-state index contributed by atoms with van der Waals surface area (Å²) in [5, 5.41) is 1.44. The first-order chi connectivity index (χ1) is 7.25. The molecule has 0 bridgehead atoms. The molecule has 0 radical (unpaired) electrons. The largest absolute Gasteiger partial charge is 0.440 e. The van der Waals surface area contributed by atoms with Gasteiger partial charge in [-0.1, -0.05) is 6.07 Å². The highest BCUT2D eigenvalue weighted by Crippen LogP contribution is 2.24. The summed E-state index contributed by atoms with van der Waals surface area (Å²) in [7, 11) is 0. The van der Waals surface area contributed by atoms with Crippen molar-refractivity contribution >= 4 is 11.8 Å². The second kappa shape index (κ2) is 4.46. The Morgan fingerprint density at radius 2 is 2.27 bits per heavy atom. The quantitative estimate of drug-likeness (QED) is 0.861. The summed E-state index contributed by atoms with van der Waals surface area (Å²) in [6.07, 6.45) is 4.92. The maximum Gasteiger partial charge on any atom is 0.261 e. The zero-order valence-corrected chi connectivity index (χ0v) is 9.07. The van der Waals surface area contributed by atoms with Crippen LogP contribution in [-0.4, -0.2) is 9.97 Å². The molecule has 5 heteroatoms. The molecule has 0 aromatic carbocycles. The van der Waals surface area contributed by atoms with E-state index in [1.807, 2.05) is 19.1 Å². The van der Waals surface area contributed by atoms with Crippen molar-refractivity contribution in [3.63, 3.8) is 0 Å². The van der Waals surface area contributed by atoms with Crippen molar-refractivity contribution in [1.29, 1.82) is 0 Å². The molecule has 0 aliphatic rings. The lowest BCUT2D eigenvalue weighted by Crippen LogP contribution is -2.04. The van der Waals surface area contributed by atoms with E-state index in [-0.39, 0.29) is 6.04 Å². The van der Waals surface area contributed by atoms with Crippen molar-refractivity contribution in [3.05, 3.63) is 36.4 Å². The molecule has 2 aromatic heterocycles. The molecule has 0 aliphatic heterocycles. The van der Waals surface area contributed by atoms with Crippen molar-refractivity contribution in [2.75, 3.05) is 0 Å². The van der Waals surface area contributed by atoms with Gasteiger partial charge in [-0.2, -0.15) is 0 Å². The Balaban J connectivity index is 2.11. The Hall–Kier alpha value is -1.33. The van der Waals surface area contributed by atoms with Gasteiger partial charge in [-0.15, -0.1) is 0 Å². The highest BCUT2D eigenvalue weighted by Gasteiger charge is 2.04. The van der Waals surface area contributed by atoms with Gasteiger partial charge in [0.25, 0.3) is 5.22 Å². The number of oxazole rings is 1. The molecule has 1 unspecified atom stereocenters. The minimum absolute atomic E-state index is 0.0123. The van der Waals surface area contributed by atoms with Gasteiger partial charge >= 0.3 is 0 Å². The van der Waals surface area contributed by atoms with Crippen molar-refractivity contribution in [1.82, 2.24) is 9.97 Å². The monoisotopic (exact) mass is 221 g/mol. The third kappa shape index (κ3) is 2.57. The molecule has 0 fully saturated rings. The predicted octanol–water partition coefficient (Wildman–Crippen LogP) is 2.24. The average Bonchev–Trinajstić information content (AvgIpc) is 2.71. The van der Waals surface area contributed by atoms with E-state index in [4.69, 9.17) is 10.2 Å². The van der Waals surface area contributed by atoms with Crippen LogP contribution in [0.2, 0.25) is 0 Å². The predicted molar refractivity (Wildman–Crippen MR) is 57.5 cm³/mol. The minimum atomic E-state index is 0.0123. The molecule has 0 spiro atoms. The fourth-order valence-corrected chi connectivity index (χ4v) is 1.71. The van der Waals surface area contributed by atoms with Crippen molar-refractivity contribution in [2.24, 2.45) is 5.73 Å². The zero-order valence-electron chi connectivity index (χ0n) is 8.25. The van der Waals surface area contributed by atoms with Gasteiger partial charge in [0.1, 0.15) is 11.3 Å². The third-order valence-corrected chi connectivity index (χ3v) is 2.71. The number of nitrogens with zero attached hydrogens (tertiary/aromatic N) is 2. The second-order valence-corrected chi connectivity index (χ2v) is 4.09. The molecule has 0 saturated heterocycles. The highest BCUT2D eigenvalue weighted by molar-refractivity contribution is 7.99. The van der Waals surface area contributed by atoms with Gasteiger partial charge in [0.2, 0.25) is 0 Å². The van der Waals surface area contributed by atoms with E-state index in [2.05, 4.69) is 9.97 Å². The number of rotatable bonds is 3. The molecule has 2 aromatic rings. The lowest BCUT2D eigenvalue weighted by atomic mass is 10.2. The Labute approximate surface area is 91.9 Å². The lowest BCUT2D eigenvalue weighted by Gasteiger charge is -2.04. The molecular formula is C10H11N3OS. The molecule has 4 nitrogen and oxygen atoms in total. The van der Waals surface area contributed by atoms with Crippen molar-refractivity contribution in [3.8, 4) is 0 Å². The second-order valence-electron chi connectivity index (χ2n) is 3.12. The van der Waals surface area contributed by atoms with Crippen LogP contribution in [0.4, 0.5) is 0 Å². The first-order valence-corrected chi connectivity index (χ1v) is 5.36. The van der Waals surface area contributed by atoms with Crippen LogP contribution in [0.1, 0.15) is 18.5 Å². The molecule has 0 saturated carbocycles. The SMILES string of the molecule is CC(N)c1ccc(Sc2ncco2)nc1. The van der Waals surface area contributed by atoms with Gasteiger partial charge in [0.05, 0.1) is 6.20 Å². The summed E-state index contributed by atoms with van der Waals surface area (Å²) in [6.45, 7) is 1.93. The van der Waals surface area contributed by atoms with E-state index in [9.17, 15) is 0 Å². The topological polar surface area (TPSA) is 64.9 Å². The van der Waals surface area contributed by atoms with Crippen LogP contribution >= 0.6 is 11.8 Å². The Kier molecular flexibility index (Phi) is 3.03. The summed E-state index contributed by atoms with van der Waals surface area (Å²) in [5.41, 5.74) is 6.74. The van der Waals surface area contributed by atoms with Gasteiger partial charge in [-0.25, -0.2) is 9.97 Å². The summed E-state index contributed by atoms with van der Waals surface area (Å²) in [4.78, 5) is 8.26. The maximum absolute atomic E-state index is 5.72. The van der Waals surface area contributed by atoms with E-state index in [0.717, 1.165) is 10.6 Å². The van der Waals surface area contributed by atoms with Gasteiger partial charge in [-0.3, -0.25) is 0 Å². The average molecular weight is 221 g/mol. The standard InChI is InChI=1S/C10H11N3OS/c1-7(11)8-2-3-9(13-6-8)15-10-12-4-5-14-10/h2-7H,11H2,1H3. The molecule has 2 N–H and O–H groups in total. The first-order valence-electron chi connectivity index (χ1n) is 4.54. The number of pyridine rings is 1. The smallest absolute Gasteiger partial charge is 0.261 e. The van der Waals surface area contributed by atoms with Crippen LogP contribution in [0.25, 0.3) is 0 Å². The number of nitrogens with two attached hydrogens (primary N) is 1. The Morgan fingerprint density at radius 3 is 2.80 bits per heavy atom. The van der Waals surface area contributed by atoms with Crippen molar-refractivity contribution < 1.29 is 4.42 Å². The summed E-state index contributed by atoms with van der Waals surface area (Å²) in [5.74, 6) is 0. The van der Waals surface area contributed by atoms with Gasteiger partial charge < -0.3 is 10.2 Å². The summed E-state index contributed by atoms with van der Waals surface area (Å²) < 4.78 is 5.10. The van der Waals surface area contributed by atoms with Gasteiger partial charge in [0, 0.05) is 12.2 Å². The first kappa shape index (κ1) is 10.2. The van der Waals surface area contributed by atoms with E-state index in [0.29, 0.717) is 5.22 Å². The summed E-state index contributed by atoms with van der Waals surface area (Å²) >= 11 is 1.38. The normalized spacial score (nSPS) is 12.7. The molecule has 2 heterocycles. The molecule has 78 valence electrons. The van der Waals surface area contributed by atoms with Crippen LogP contribution in [-0.2, 0) is 0 Å². The van der Waals surface area contributed by atoms with Crippen LogP contribution in [0.5, 0.6) is 0 Å². The highest BCUT2D eigenvalue weighted by atomic mass is 32.2. The van der Waals surface area contributed by atoms with Crippen LogP contribution < -0.4 is 5.73 Å². The van der Waals surface area contributed by atoms with Crippen LogP contribution in [0.15, 0.2) is 45.5 Å². The van der Waals surface area contributed by atoms with E-state index >= 15 is 0 Å². The fourth-order valence-electron chi connectivity index (χ4n) is 1.07. The number of hydrogen-bond acceptors (Lipinski definition) is 5. The molecule has 15 heavy (non-hydrogen) atoms. The van der Waals surface area contributed by atoms with E-state index in [1.165, 1.54) is 11.8 Å². The Bertz CT molecular complexity index is 411. The Morgan fingerprint density at radius 1 is 1.40 bits per heavy atom. The zero-order chi connectivity index (χ0) is 10.7. The van der Waals surface area contributed by atoms with E-state index < -0.39 is 0 Å². The van der Waals surface area contributed by atoms with E-state index in [1.54, 1.807) is 18.7 Å². The third-order valence-electron chi connectivity index (χ3n) is 1.89. The summed E-state index contributed by atoms with van der Waals surface area (Å²) in [6, 6.07) is 3.88. The number of aromatic nitrogens is 2. The number of hydrogen-bond donors (Lipinski definition) is 1. The fraction of sp³-hybridized carbons (Fsp3) is 0.200. The van der Waals surface area contributed by atoms with Crippen molar-refractivity contribution in [2.45, 2.75) is 23.2 Å². The van der Waals surface area contributed by atoms with Crippen LogP contribution in [0.3, 0.4) is 0 Å². The maximum atomic E-state index is 5.72. The van der Waals surface area contributed by atoms with Gasteiger partial charge in [0.15, 0.2) is 0 Å². The van der Waals surface area contributed by atoms with Crippen LogP contribution in [0, 0.1) is 0 Å². The minimum Gasteiger partial charge on any atom is -0.440 e. The lowest BCUT2D eigenvalue weighted by molar-refractivity contribution is 0.454. The molecule has 2 rings (SSSR count). The molecule has 1 atom stereocenters. The molecule has 0 aliphatic carbocycles. The molecular weight excluding hydrogens is 210 g/mol. The van der Waals surface area contributed by atoms with Gasteiger partial charge in [-0.05, 0) is 30.3 Å². The molecule has 0 amide bonds.